The second-order valence-electron chi connectivity index (χ2n) is 6.10. The predicted octanol–water partition coefficient (Wildman–Crippen LogP) is 2.50. The molecule has 1 aromatic heterocycles. The van der Waals surface area contributed by atoms with Gasteiger partial charge in [0.05, 0.1) is 24.2 Å². The summed E-state index contributed by atoms with van der Waals surface area (Å²) in [5, 5.41) is 4.36. The average molecular weight is 315 g/mol. The molecular formula is C17H25N5O. The Hall–Kier alpha value is -2.34. The van der Waals surface area contributed by atoms with Gasteiger partial charge >= 0.3 is 0 Å². The maximum absolute atomic E-state index is 5.88. The Labute approximate surface area is 137 Å². The van der Waals surface area contributed by atoms with E-state index in [-0.39, 0.29) is 6.10 Å². The number of ether oxygens (including phenoxy) is 1. The van der Waals surface area contributed by atoms with Crippen LogP contribution in [0.4, 0.5) is 5.95 Å². The fourth-order valence-corrected chi connectivity index (χ4v) is 2.24. The highest BCUT2D eigenvalue weighted by Gasteiger charge is 2.08. The minimum absolute atomic E-state index is 0.143. The van der Waals surface area contributed by atoms with Gasteiger partial charge in [-0.2, -0.15) is 5.10 Å². The molecule has 0 amide bonds. The largest absolute Gasteiger partial charge is 0.491 e. The molecule has 124 valence electrons. The molecule has 0 bridgehead atoms. The van der Waals surface area contributed by atoms with E-state index in [1.807, 2.05) is 47.0 Å². The van der Waals surface area contributed by atoms with Crippen LogP contribution in [0.15, 0.2) is 29.5 Å². The molecule has 0 saturated carbocycles. The van der Waals surface area contributed by atoms with E-state index in [4.69, 9.17) is 10.5 Å². The van der Waals surface area contributed by atoms with Crippen LogP contribution in [0.25, 0.3) is 0 Å². The van der Waals surface area contributed by atoms with Crippen molar-refractivity contribution in [2.75, 3.05) is 19.8 Å². The number of hydrogen-bond acceptors (Lipinski definition) is 5. The first-order valence-electron chi connectivity index (χ1n) is 7.65. The highest BCUT2D eigenvalue weighted by atomic mass is 16.5. The third kappa shape index (κ3) is 4.82. The van der Waals surface area contributed by atoms with Gasteiger partial charge in [-0.3, -0.25) is 0 Å². The van der Waals surface area contributed by atoms with E-state index in [0.29, 0.717) is 5.95 Å². The van der Waals surface area contributed by atoms with Crippen molar-refractivity contribution in [3.8, 4) is 5.75 Å². The third-order valence-electron chi connectivity index (χ3n) is 3.10. The average Bonchev–Trinajstić information content (AvgIpc) is 2.76. The van der Waals surface area contributed by atoms with E-state index in [1.54, 1.807) is 17.1 Å². The summed E-state index contributed by atoms with van der Waals surface area (Å²) in [6.45, 7) is 6.74. The lowest BCUT2D eigenvalue weighted by Gasteiger charge is -2.17. The molecule has 2 aromatic rings. The summed E-state index contributed by atoms with van der Waals surface area (Å²) < 4.78 is 7.45. The first-order valence-corrected chi connectivity index (χ1v) is 7.65. The lowest BCUT2D eigenvalue weighted by Crippen LogP contribution is -2.14. The molecule has 0 saturated heterocycles. The Morgan fingerprint density at radius 3 is 2.70 bits per heavy atom. The van der Waals surface area contributed by atoms with E-state index in [1.165, 1.54) is 0 Å². The lowest BCUT2D eigenvalue weighted by molar-refractivity contribution is 0.236. The Bertz CT molecular complexity index is 688. The number of aryl methyl sites for hydroxylation is 1. The number of imidazole rings is 1. The van der Waals surface area contributed by atoms with Gasteiger partial charge in [0.25, 0.3) is 0 Å². The molecule has 0 aliphatic heterocycles. The topological polar surface area (TPSA) is 68.7 Å². The molecule has 0 fully saturated rings. The van der Waals surface area contributed by atoms with Gasteiger partial charge in [0, 0.05) is 12.1 Å². The molecule has 1 heterocycles. The third-order valence-corrected chi connectivity index (χ3v) is 3.10. The minimum atomic E-state index is 0.143. The van der Waals surface area contributed by atoms with Crippen LogP contribution in [0.2, 0.25) is 0 Å². The van der Waals surface area contributed by atoms with E-state index < -0.39 is 0 Å². The molecule has 0 radical (unpaired) electrons. The van der Waals surface area contributed by atoms with Crippen LogP contribution in [0.5, 0.6) is 5.75 Å². The molecule has 0 aliphatic carbocycles. The van der Waals surface area contributed by atoms with Crippen LogP contribution in [-0.2, 0) is 6.54 Å². The summed E-state index contributed by atoms with van der Waals surface area (Å²) in [5.74, 6) is 1.29. The Balaban J connectivity index is 2.27. The number of benzene rings is 1. The molecule has 6 heteroatoms. The SMILES string of the molecule is Cc1cn(N=Cc2ccc(OC(C)C)c(CN(C)C)c2)c(N)n1. The Morgan fingerprint density at radius 2 is 2.13 bits per heavy atom. The quantitative estimate of drug-likeness (QED) is 0.832. The standard InChI is InChI=1S/C17H25N5O/c1-12(2)23-16-7-6-14(8-15(16)11-21(4)5)9-19-22-10-13(3)20-17(22)18/h6-10,12H,11H2,1-5H3,(H2,18,20). The molecule has 0 spiro atoms. The van der Waals surface area contributed by atoms with Gasteiger partial charge in [0.2, 0.25) is 5.95 Å². The van der Waals surface area contributed by atoms with Gasteiger partial charge in [-0.1, -0.05) is 0 Å². The van der Waals surface area contributed by atoms with Crippen LogP contribution < -0.4 is 10.5 Å². The molecule has 6 nitrogen and oxygen atoms in total. The van der Waals surface area contributed by atoms with E-state index in [9.17, 15) is 0 Å². The van der Waals surface area contributed by atoms with Crippen LogP contribution >= 0.6 is 0 Å². The lowest BCUT2D eigenvalue weighted by atomic mass is 10.1. The summed E-state index contributed by atoms with van der Waals surface area (Å²) in [6, 6.07) is 6.06. The van der Waals surface area contributed by atoms with E-state index in [2.05, 4.69) is 21.1 Å². The highest BCUT2D eigenvalue weighted by molar-refractivity contribution is 5.80. The summed E-state index contributed by atoms with van der Waals surface area (Å²) in [4.78, 5) is 6.24. The van der Waals surface area contributed by atoms with Gasteiger partial charge in [0.15, 0.2) is 0 Å². The van der Waals surface area contributed by atoms with Crippen LogP contribution in [0, 0.1) is 6.92 Å². The van der Waals surface area contributed by atoms with Gasteiger partial charge in [-0.15, -0.1) is 0 Å². The van der Waals surface area contributed by atoms with Crippen molar-refractivity contribution >= 4 is 12.2 Å². The van der Waals surface area contributed by atoms with Gasteiger partial charge in [-0.05, 0) is 58.6 Å². The number of nitrogen functional groups attached to an aromatic ring is 1. The second kappa shape index (κ2) is 7.28. The van der Waals surface area contributed by atoms with Crippen molar-refractivity contribution in [3.05, 3.63) is 41.2 Å². The maximum Gasteiger partial charge on any atom is 0.221 e. The van der Waals surface area contributed by atoms with E-state index in [0.717, 1.165) is 29.1 Å². The van der Waals surface area contributed by atoms with Crippen molar-refractivity contribution in [1.82, 2.24) is 14.6 Å². The fraction of sp³-hybridized carbons (Fsp3) is 0.412. The Kier molecular flexibility index (Phi) is 5.39. The van der Waals surface area contributed by atoms with Gasteiger partial charge in [0.1, 0.15) is 5.75 Å². The molecule has 1 aromatic carbocycles. The number of hydrogen-bond donors (Lipinski definition) is 1. The zero-order valence-electron chi connectivity index (χ0n) is 14.4. The molecule has 2 N–H and O–H groups in total. The molecule has 23 heavy (non-hydrogen) atoms. The zero-order chi connectivity index (χ0) is 17.0. The van der Waals surface area contributed by atoms with Crippen molar-refractivity contribution in [2.45, 2.75) is 33.4 Å². The van der Waals surface area contributed by atoms with Crippen LogP contribution in [-0.4, -0.2) is 41.0 Å². The number of nitrogens with two attached hydrogens (primary N) is 1. The predicted molar refractivity (Wildman–Crippen MR) is 94.0 cm³/mol. The van der Waals surface area contributed by atoms with Crippen molar-refractivity contribution in [2.24, 2.45) is 5.10 Å². The number of rotatable bonds is 6. The van der Waals surface area contributed by atoms with Crippen LogP contribution in [0.1, 0.15) is 30.7 Å². The second-order valence-corrected chi connectivity index (χ2v) is 6.10. The minimum Gasteiger partial charge on any atom is -0.491 e. The normalized spacial score (nSPS) is 11.8. The summed E-state index contributed by atoms with van der Waals surface area (Å²) >= 11 is 0. The summed E-state index contributed by atoms with van der Waals surface area (Å²) in [7, 11) is 4.07. The maximum atomic E-state index is 5.88. The summed E-state index contributed by atoms with van der Waals surface area (Å²) in [5.41, 5.74) is 8.75. The molecule has 0 aliphatic rings. The molecule has 0 atom stereocenters. The molecular weight excluding hydrogens is 290 g/mol. The zero-order valence-corrected chi connectivity index (χ0v) is 14.4. The first-order chi connectivity index (χ1) is 10.8. The van der Waals surface area contributed by atoms with Crippen molar-refractivity contribution < 1.29 is 4.74 Å². The number of anilines is 1. The van der Waals surface area contributed by atoms with Crippen molar-refractivity contribution in [3.63, 3.8) is 0 Å². The van der Waals surface area contributed by atoms with Gasteiger partial charge in [-0.25, -0.2) is 9.66 Å². The van der Waals surface area contributed by atoms with Gasteiger partial charge < -0.3 is 15.4 Å². The fourth-order valence-electron chi connectivity index (χ4n) is 2.24. The highest BCUT2D eigenvalue weighted by Crippen LogP contribution is 2.22. The smallest absolute Gasteiger partial charge is 0.221 e. The number of aromatic nitrogens is 2. The van der Waals surface area contributed by atoms with Crippen LogP contribution in [0.3, 0.4) is 0 Å². The van der Waals surface area contributed by atoms with Crippen molar-refractivity contribution in [1.29, 1.82) is 0 Å². The molecule has 2 rings (SSSR count). The summed E-state index contributed by atoms with van der Waals surface area (Å²) in [6.07, 6.45) is 3.71. The van der Waals surface area contributed by atoms with E-state index >= 15 is 0 Å². The monoisotopic (exact) mass is 315 g/mol. The first kappa shape index (κ1) is 17.0. The Morgan fingerprint density at radius 1 is 1.39 bits per heavy atom. The molecule has 0 unspecified atom stereocenters. The number of nitrogens with zero attached hydrogens (tertiary/aromatic N) is 4.